The van der Waals surface area contributed by atoms with E-state index in [-0.39, 0.29) is 24.5 Å². The van der Waals surface area contributed by atoms with Gasteiger partial charge in [-0.1, -0.05) is 0 Å². The number of rotatable bonds is 6. The second kappa shape index (κ2) is 7.08. The maximum atomic E-state index is 12.5. The molecular formula is C23H27NO5. The van der Waals surface area contributed by atoms with Crippen LogP contribution in [0.3, 0.4) is 0 Å². The third-order valence-electron chi connectivity index (χ3n) is 7.00. The highest BCUT2D eigenvalue weighted by Gasteiger charge is 2.51. The fourth-order valence-electron chi connectivity index (χ4n) is 6.28. The monoisotopic (exact) mass is 397 g/mol. The number of fused-ring (bicyclic) bond motifs is 1. The first-order valence-electron chi connectivity index (χ1n) is 10.5. The number of furan rings is 1. The van der Waals surface area contributed by atoms with Gasteiger partial charge in [0, 0.05) is 22.6 Å². The van der Waals surface area contributed by atoms with Crippen molar-refractivity contribution in [3.63, 3.8) is 0 Å². The van der Waals surface area contributed by atoms with Crippen LogP contribution in [0.15, 0.2) is 28.9 Å². The van der Waals surface area contributed by atoms with Crippen LogP contribution >= 0.6 is 0 Å². The van der Waals surface area contributed by atoms with E-state index >= 15 is 0 Å². The van der Waals surface area contributed by atoms with Gasteiger partial charge in [0.2, 0.25) is 0 Å². The first-order chi connectivity index (χ1) is 14.0. The van der Waals surface area contributed by atoms with Crippen LogP contribution in [0.2, 0.25) is 0 Å². The predicted molar refractivity (Wildman–Crippen MR) is 106 cm³/mol. The Balaban J connectivity index is 1.16. The van der Waals surface area contributed by atoms with E-state index in [2.05, 4.69) is 5.32 Å². The second-order valence-corrected chi connectivity index (χ2v) is 9.21. The van der Waals surface area contributed by atoms with Crippen molar-refractivity contribution in [3.05, 3.63) is 30.0 Å². The van der Waals surface area contributed by atoms with Gasteiger partial charge in [-0.25, -0.2) is 0 Å². The summed E-state index contributed by atoms with van der Waals surface area (Å²) in [6.45, 7) is -0.218. The van der Waals surface area contributed by atoms with Gasteiger partial charge < -0.3 is 19.2 Å². The van der Waals surface area contributed by atoms with Crippen molar-refractivity contribution in [2.45, 2.75) is 50.5 Å². The summed E-state index contributed by atoms with van der Waals surface area (Å²) in [5.41, 5.74) is 1.35. The molecule has 4 saturated carbocycles. The number of esters is 1. The summed E-state index contributed by atoms with van der Waals surface area (Å²) in [5, 5.41) is 4.08. The van der Waals surface area contributed by atoms with Gasteiger partial charge in [-0.3, -0.25) is 9.59 Å². The van der Waals surface area contributed by atoms with Crippen molar-refractivity contribution in [3.8, 4) is 5.75 Å². The van der Waals surface area contributed by atoms with Crippen molar-refractivity contribution in [2.75, 3.05) is 13.7 Å². The summed E-state index contributed by atoms with van der Waals surface area (Å²) in [5.74, 6) is 2.37. The lowest BCUT2D eigenvalue weighted by molar-refractivity contribution is -0.149. The van der Waals surface area contributed by atoms with E-state index in [1.165, 1.54) is 19.3 Å². The van der Waals surface area contributed by atoms with Crippen molar-refractivity contribution >= 4 is 22.8 Å². The van der Waals surface area contributed by atoms with E-state index < -0.39 is 5.97 Å². The van der Waals surface area contributed by atoms with Crippen LogP contribution in [0.25, 0.3) is 11.0 Å². The molecule has 6 nitrogen and oxygen atoms in total. The Labute approximate surface area is 169 Å². The molecular weight excluding hydrogens is 370 g/mol. The van der Waals surface area contributed by atoms with E-state index in [1.807, 2.05) is 12.1 Å². The first-order valence-corrected chi connectivity index (χ1v) is 10.5. The minimum absolute atomic E-state index is 0.0575. The Kier molecular flexibility index (Phi) is 4.52. The summed E-state index contributed by atoms with van der Waals surface area (Å²) < 4.78 is 16.0. The molecule has 0 aliphatic heterocycles. The Morgan fingerprint density at radius 1 is 1.14 bits per heavy atom. The van der Waals surface area contributed by atoms with Crippen LogP contribution < -0.4 is 10.1 Å². The number of carbonyl (C=O) groups is 2. The zero-order chi connectivity index (χ0) is 20.0. The third kappa shape index (κ3) is 3.61. The van der Waals surface area contributed by atoms with Gasteiger partial charge in [0.25, 0.3) is 5.91 Å². The maximum absolute atomic E-state index is 12.5. The lowest BCUT2D eigenvalue weighted by Gasteiger charge is -2.56. The van der Waals surface area contributed by atoms with Crippen LogP contribution in [-0.2, 0) is 20.7 Å². The number of amides is 1. The summed E-state index contributed by atoms with van der Waals surface area (Å²) in [7, 11) is 1.59. The lowest BCUT2D eigenvalue weighted by Crippen LogP contribution is -2.60. The molecule has 2 aromatic rings. The van der Waals surface area contributed by atoms with Gasteiger partial charge in [-0.05, 0) is 68.4 Å². The molecule has 0 unspecified atom stereocenters. The predicted octanol–water partition coefficient (Wildman–Crippen LogP) is 3.61. The van der Waals surface area contributed by atoms with Crippen LogP contribution in [0, 0.1) is 17.8 Å². The highest BCUT2D eigenvalue weighted by atomic mass is 16.5. The molecule has 29 heavy (non-hydrogen) atoms. The van der Waals surface area contributed by atoms with E-state index in [0.717, 1.165) is 48.0 Å². The molecule has 154 valence electrons. The first kappa shape index (κ1) is 18.5. The average Bonchev–Trinajstić information content (AvgIpc) is 3.07. The molecule has 4 bridgehead atoms. The molecule has 1 aromatic carbocycles. The van der Waals surface area contributed by atoms with Gasteiger partial charge in [0.15, 0.2) is 6.61 Å². The molecule has 4 aliphatic carbocycles. The molecule has 1 amide bonds. The highest BCUT2D eigenvalue weighted by molar-refractivity contribution is 5.87. The van der Waals surface area contributed by atoms with Gasteiger partial charge in [-0.2, -0.15) is 0 Å². The Morgan fingerprint density at radius 3 is 2.48 bits per heavy atom. The normalized spacial score (nSPS) is 29.8. The van der Waals surface area contributed by atoms with Crippen molar-refractivity contribution in [1.82, 2.24) is 5.32 Å². The number of methoxy groups -OCH3 is 1. The Bertz CT molecular complexity index is 911. The number of hydrogen-bond acceptors (Lipinski definition) is 5. The quantitative estimate of drug-likeness (QED) is 0.754. The number of ether oxygens (including phenoxy) is 2. The fourth-order valence-corrected chi connectivity index (χ4v) is 6.28. The van der Waals surface area contributed by atoms with Crippen molar-refractivity contribution in [1.29, 1.82) is 0 Å². The number of hydrogen-bond donors (Lipinski definition) is 1. The molecule has 4 aliphatic rings. The third-order valence-corrected chi connectivity index (χ3v) is 7.00. The van der Waals surface area contributed by atoms with Crippen LogP contribution in [-0.4, -0.2) is 31.1 Å². The summed E-state index contributed by atoms with van der Waals surface area (Å²) in [4.78, 5) is 24.8. The largest absolute Gasteiger partial charge is 0.497 e. The topological polar surface area (TPSA) is 77.8 Å². The number of benzene rings is 1. The molecule has 0 radical (unpaired) electrons. The lowest BCUT2D eigenvalue weighted by atomic mass is 9.53. The van der Waals surface area contributed by atoms with E-state index in [0.29, 0.717) is 11.3 Å². The molecule has 0 spiro atoms. The Hall–Kier alpha value is -2.50. The summed E-state index contributed by atoms with van der Waals surface area (Å²) >= 11 is 0. The zero-order valence-electron chi connectivity index (χ0n) is 16.7. The van der Waals surface area contributed by atoms with E-state index in [9.17, 15) is 9.59 Å². The SMILES string of the molecule is COc1ccc2c(CC(=O)OCC(=O)NC34CC5CC(CC(C5)C3)C4)coc2c1. The van der Waals surface area contributed by atoms with Crippen LogP contribution in [0.1, 0.15) is 44.1 Å². The van der Waals surface area contributed by atoms with Gasteiger partial charge in [-0.15, -0.1) is 0 Å². The summed E-state index contributed by atoms with van der Waals surface area (Å²) in [6, 6.07) is 5.47. The van der Waals surface area contributed by atoms with Crippen molar-refractivity contribution < 1.29 is 23.5 Å². The molecule has 1 heterocycles. The molecule has 0 atom stereocenters. The van der Waals surface area contributed by atoms with Gasteiger partial charge in [0.05, 0.1) is 19.8 Å². The van der Waals surface area contributed by atoms with Crippen LogP contribution in [0.5, 0.6) is 5.75 Å². The number of carbonyl (C=O) groups excluding carboxylic acids is 2. The average molecular weight is 397 g/mol. The zero-order valence-corrected chi connectivity index (χ0v) is 16.7. The standard InChI is InChI=1S/C23H27NO5/c1-27-18-2-3-19-17(12-28-20(19)8-18)7-22(26)29-13-21(25)24-23-9-14-4-15(10-23)6-16(5-14)11-23/h2-3,8,12,14-16H,4-7,9-11,13H2,1H3,(H,24,25). The molecule has 1 aromatic heterocycles. The smallest absolute Gasteiger partial charge is 0.310 e. The van der Waals surface area contributed by atoms with Gasteiger partial charge >= 0.3 is 5.97 Å². The van der Waals surface area contributed by atoms with E-state index in [4.69, 9.17) is 13.9 Å². The fraction of sp³-hybridized carbons (Fsp3) is 0.565. The Morgan fingerprint density at radius 2 is 1.83 bits per heavy atom. The van der Waals surface area contributed by atoms with Gasteiger partial charge in [0.1, 0.15) is 11.3 Å². The molecule has 4 fully saturated rings. The minimum atomic E-state index is -0.427. The van der Waals surface area contributed by atoms with Crippen LogP contribution in [0.4, 0.5) is 0 Å². The van der Waals surface area contributed by atoms with E-state index in [1.54, 1.807) is 19.4 Å². The highest BCUT2D eigenvalue weighted by Crippen LogP contribution is 2.55. The molecule has 0 saturated heterocycles. The maximum Gasteiger partial charge on any atom is 0.310 e. The minimum Gasteiger partial charge on any atom is -0.497 e. The molecule has 1 N–H and O–H groups in total. The summed E-state index contributed by atoms with van der Waals surface area (Å²) in [6.07, 6.45) is 8.87. The molecule has 6 heteroatoms. The van der Waals surface area contributed by atoms with Crippen molar-refractivity contribution in [2.24, 2.45) is 17.8 Å². The second-order valence-electron chi connectivity index (χ2n) is 9.21. The molecule has 6 rings (SSSR count). The number of nitrogens with one attached hydrogen (secondary N) is 1.